The van der Waals surface area contributed by atoms with Crippen LogP contribution in [-0.2, 0) is 6.54 Å². The number of rotatable bonds is 5. The fourth-order valence-corrected chi connectivity index (χ4v) is 2.62. The largest absolute Gasteiger partial charge is 0.393 e. The van der Waals surface area contributed by atoms with Crippen LogP contribution < -0.4 is 5.73 Å². The summed E-state index contributed by atoms with van der Waals surface area (Å²) in [6, 6.07) is 16.5. The van der Waals surface area contributed by atoms with Crippen molar-refractivity contribution < 1.29 is 0 Å². The Bertz CT molecular complexity index is 860. The van der Waals surface area contributed by atoms with Crippen LogP contribution in [0.1, 0.15) is 23.4 Å². The van der Waals surface area contributed by atoms with Crippen LogP contribution in [0, 0.1) is 6.92 Å². The molecule has 3 nitrogen and oxygen atoms in total. The van der Waals surface area contributed by atoms with Gasteiger partial charge in [-0.05, 0) is 30.7 Å². The van der Waals surface area contributed by atoms with E-state index >= 15 is 0 Å². The van der Waals surface area contributed by atoms with Crippen molar-refractivity contribution in [3.63, 3.8) is 0 Å². The zero-order valence-corrected chi connectivity index (χ0v) is 13.9. The maximum Gasteiger partial charge on any atom is 0.133 e. The molecule has 0 saturated carbocycles. The van der Waals surface area contributed by atoms with E-state index in [4.69, 9.17) is 22.9 Å². The summed E-state index contributed by atoms with van der Waals surface area (Å²) in [5.41, 5.74) is 10.2. The quantitative estimate of drug-likeness (QED) is 0.717. The highest BCUT2D eigenvalue weighted by Gasteiger charge is 2.08. The van der Waals surface area contributed by atoms with Crippen LogP contribution in [0.3, 0.4) is 0 Å². The number of nitrogens with zero attached hydrogens (tertiary/aromatic N) is 2. The van der Waals surface area contributed by atoms with Crippen molar-refractivity contribution in [1.29, 1.82) is 0 Å². The first kappa shape index (κ1) is 15.4. The number of aryl methyl sites for hydroxylation is 2. The molecule has 1 aromatic heterocycles. The molecule has 0 aliphatic carbocycles. The molecule has 3 rings (SSSR count). The average Bonchev–Trinajstić information content (AvgIpc) is 2.90. The lowest BCUT2D eigenvalue weighted by Crippen LogP contribution is -2.12. The van der Waals surface area contributed by atoms with E-state index in [2.05, 4.69) is 47.9 Å². The minimum absolute atomic E-state index is 0.524. The molecule has 0 amide bonds. The van der Waals surface area contributed by atoms with Gasteiger partial charge in [0.2, 0.25) is 0 Å². The van der Waals surface area contributed by atoms with Crippen LogP contribution in [0.2, 0.25) is 0 Å². The third-order valence-electron chi connectivity index (χ3n) is 3.77. The van der Waals surface area contributed by atoms with Gasteiger partial charge in [0.25, 0.3) is 0 Å². The fourth-order valence-electron chi connectivity index (χ4n) is 2.53. The normalized spacial score (nSPS) is 11.3. The third kappa shape index (κ3) is 3.66. The Morgan fingerprint density at radius 2 is 1.87 bits per heavy atom. The highest BCUT2D eigenvalue weighted by molar-refractivity contribution is 7.80. The average molecular weight is 321 g/mol. The van der Waals surface area contributed by atoms with E-state index in [-0.39, 0.29) is 0 Å². The first-order valence-corrected chi connectivity index (χ1v) is 8.02. The van der Waals surface area contributed by atoms with Crippen LogP contribution in [-0.4, -0.2) is 14.5 Å². The molecule has 23 heavy (non-hydrogen) atoms. The van der Waals surface area contributed by atoms with Gasteiger partial charge in [-0.25, -0.2) is 4.98 Å². The Balaban J connectivity index is 1.96. The Labute approximate surface area is 141 Å². The molecule has 1 heterocycles. The predicted molar refractivity (Wildman–Crippen MR) is 101 cm³/mol. The zero-order chi connectivity index (χ0) is 16.2. The summed E-state index contributed by atoms with van der Waals surface area (Å²) in [4.78, 5) is 5.24. The van der Waals surface area contributed by atoms with Crippen LogP contribution in [0.25, 0.3) is 23.2 Å². The lowest BCUT2D eigenvalue weighted by atomic mass is 10.1. The number of hydrogen-bond donors (Lipinski definition) is 1. The van der Waals surface area contributed by atoms with Crippen molar-refractivity contribution >= 4 is 40.4 Å². The minimum Gasteiger partial charge on any atom is -0.393 e. The minimum atomic E-state index is 0.524. The van der Waals surface area contributed by atoms with E-state index in [1.807, 2.05) is 24.3 Å². The van der Waals surface area contributed by atoms with Crippen LogP contribution >= 0.6 is 12.2 Å². The number of thiocarbonyl (C=S) groups is 1. The molecule has 0 aliphatic rings. The number of fused-ring (bicyclic) bond motifs is 1. The van der Waals surface area contributed by atoms with E-state index in [0.717, 1.165) is 29.0 Å². The Morgan fingerprint density at radius 3 is 2.61 bits per heavy atom. The van der Waals surface area contributed by atoms with Gasteiger partial charge in [0.1, 0.15) is 5.82 Å². The molecule has 3 aromatic rings. The van der Waals surface area contributed by atoms with Gasteiger partial charge in [-0.2, -0.15) is 0 Å². The summed E-state index contributed by atoms with van der Waals surface area (Å²) in [5.74, 6) is 0.919. The zero-order valence-electron chi connectivity index (χ0n) is 13.1. The lowest BCUT2D eigenvalue weighted by Gasteiger charge is -2.06. The maximum atomic E-state index is 5.66. The Hall–Kier alpha value is -2.46. The number of nitrogens with two attached hydrogens (primary N) is 1. The van der Waals surface area contributed by atoms with Gasteiger partial charge in [-0.1, -0.05) is 60.3 Å². The molecule has 0 fully saturated rings. The smallest absolute Gasteiger partial charge is 0.133 e. The van der Waals surface area contributed by atoms with Gasteiger partial charge in [0.15, 0.2) is 0 Å². The molecular weight excluding hydrogens is 302 g/mol. The molecule has 2 N–H and O–H groups in total. The second-order valence-corrected chi connectivity index (χ2v) is 6.10. The third-order valence-corrected chi connectivity index (χ3v) is 3.97. The highest BCUT2D eigenvalue weighted by atomic mass is 32.1. The molecule has 0 saturated heterocycles. The molecule has 0 atom stereocenters. The SMILES string of the molecule is Cc1ccc(/C=C/c2nc3ccccc3n2CCC(N)=S)cc1. The summed E-state index contributed by atoms with van der Waals surface area (Å²) < 4.78 is 2.17. The van der Waals surface area contributed by atoms with Gasteiger partial charge in [-0.3, -0.25) is 0 Å². The maximum absolute atomic E-state index is 5.66. The highest BCUT2D eigenvalue weighted by Crippen LogP contribution is 2.18. The van der Waals surface area contributed by atoms with Gasteiger partial charge in [0.05, 0.1) is 16.0 Å². The molecular formula is C19H19N3S. The number of para-hydroxylation sites is 2. The molecule has 0 aliphatic heterocycles. The Morgan fingerprint density at radius 1 is 1.13 bits per heavy atom. The molecule has 116 valence electrons. The molecule has 2 aromatic carbocycles. The summed E-state index contributed by atoms with van der Waals surface area (Å²) in [7, 11) is 0. The van der Waals surface area contributed by atoms with Crippen molar-refractivity contribution in [2.24, 2.45) is 5.73 Å². The van der Waals surface area contributed by atoms with Gasteiger partial charge in [-0.15, -0.1) is 0 Å². The first-order valence-electron chi connectivity index (χ1n) is 7.62. The number of benzene rings is 2. The molecule has 0 spiro atoms. The van der Waals surface area contributed by atoms with E-state index < -0.39 is 0 Å². The van der Waals surface area contributed by atoms with Crippen molar-refractivity contribution in [2.75, 3.05) is 0 Å². The van der Waals surface area contributed by atoms with Crippen LogP contribution in [0.5, 0.6) is 0 Å². The lowest BCUT2D eigenvalue weighted by molar-refractivity contribution is 0.740. The van der Waals surface area contributed by atoms with Gasteiger partial charge >= 0.3 is 0 Å². The summed E-state index contributed by atoms with van der Waals surface area (Å²) in [6.45, 7) is 2.83. The number of hydrogen-bond acceptors (Lipinski definition) is 2. The summed E-state index contributed by atoms with van der Waals surface area (Å²) >= 11 is 5.01. The van der Waals surface area contributed by atoms with E-state index in [0.29, 0.717) is 11.4 Å². The van der Waals surface area contributed by atoms with E-state index in [1.165, 1.54) is 5.56 Å². The predicted octanol–water partition coefficient (Wildman–Crippen LogP) is 4.19. The van der Waals surface area contributed by atoms with Gasteiger partial charge in [0, 0.05) is 13.0 Å². The van der Waals surface area contributed by atoms with E-state index in [1.54, 1.807) is 0 Å². The van der Waals surface area contributed by atoms with Crippen LogP contribution in [0.15, 0.2) is 48.5 Å². The number of imidazole rings is 1. The second-order valence-electron chi connectivity index (χ2n) is 5.57. The van der Waals surface area contributed by atoms with E-state index in [9.17, 15) is 0 Å². The first-order chi connectivity index (χ1) is 11.1. The topological polar surface area (TPSA) is 43.8 Å². The molecule has 0 bridgehead atoms. The molecule has 0 radical (unpaired) electrons. The van der Waals surface area contributed by atoms with Crippen LogP contribution in [0.4, 0.5) is 0 Å². The van der Waals surface area contributed by atoms with Crippen molar-refractivity contribution in [3.05, 3.63) is 65.5 Å². The Kier molecular flexibility index (Phi) is 4.53. The van der Waals surface area contributed by atoms with Crippen molar-refractivity contribution in [3.8, 4) is 0 Å². The van der Waals surface area contributed by atoms with Crippen molar-refractivity contribution in [2.45, 2.75) is 19.9 Å². The van der Waals surface area contributed by atoms with Crippen molar-refractivity contribution in [1.82, 2.24) is 9.55 Å². The fraction of sp³-hybridized carbons (Fsp3) is 0.158. The second kappa shape index (κ2) is 6.75. The summed E-state index contributed by atoms with van der Waals surface area (Å²) in [5, 5.41) is 0. The monoisotopic (exact) mass is 321 g/mol. The number of aromatic nitrogens is 2. The summed E-state index contributed by atoms with van der Waals surface area (Å²) in [6.07, 6.45) is 4.79. The van der Waals surface area contributed by atoms with Gasteiger partial charge < -0.3 is 10.3 Å². The standard InChI is InChI=1S/C19H19N3S/c1-14-6-8-15(9-7-14)10-11-19-21-16-4-2-3-5-17(16)22(19)13-12-18(20)23/h2-11H,12-13H2,1H3,(H2,20,23)/b11-10+. The molecule has 4 heteroatoms. The molecule has 0 unspecified atom stereocenters.